The number of hydrogen-bond donors (Lipinski definition) is 2. The molecule has 2 N–H and O–H groups in total. The van der Waals surface area contributed by atoms with Gasteiger partial charge in [0.25, 0.3) is 0 Å². The van der Waals surface area contributed by atoms with Gasteiger partial charge >= 0.3 is 0 Å². The summed E-state index contributed by atoms with van der Waals surface area (Å²) in [5.74, 6) is 0.854. The van der Waals surface area contributed by atoms with Crippen molar-refractivity contribution in [3.8, 4) is 5.75 Å². The Morgan fingerprint density at radius 3 is 2.89 bits per heavy atom. The molecule has 100 valence electrons. The fourth-order valence-corrected chi connectivity index (χ4v) is 2.44. The van der Waals surface area contributed by atoms with E-state index in [1.807, 2.05) is 13.1 Å². The number of ether oxygens (including phenoxy) is 1. The van der Waals surface area contributed by atoms with Gasteiger partial charge in [0.05, 0.1) is 5.60 Å². The first-order valence-corrected chi connectivity index (χ1v) is 6.65. The molecular weight excluding hydrogens is 226 g/mol. The number of rotatable bonds is 4. The minimum Gasteiger partial charge on any atom is -0.491 e. The summed E-state index contributed by atoms with van der Waals surface area (Å²) < 4.78 is 5.63. The number of aryl methyl sites for hydroxylation is 1. The summed E-state index contributed by atoms with van der Waals surface area (Å²) in [5, 5.41) is 13.0. The Kier molecular flexibility index (Phi) is 3.93. The molecule has 1 atom stereocenters. The Balaban J connectivity index is 2.12. The fourth-order valence-electron chi connectivity index (χ4n) is 2.44. The van der Waals surface area contributed by atoms with E-state index in [4.69, 9.17) is 4.74 Å². The van der Waals surface area contributed by atoms with Crippen molar-refractivity contribution in [3.05, 3.63) is 29.3 Å². The lowest BCUT2D eigenvalue weighted by molar-refractivity contribution is 0.0284. The van der Waals surface area contributed by atoms with Crippen LogP contribution in [-0.2, 0) is 6.42 Å². The van der Waals surface area contributed by atoms with Crippen molar-refractivity contribution < 1.29 is 9.84 Å². The van der Waals surface area contributed by atoms with E-state index in [9.17, 15) is 5.11 Å². The topological polar surface area (TPSA) is 41.5 Å². The Bertz CT molecular complexity index is 409. The summed E-state index contributed by atoms with van der Waals surface area (Å²) in [7, 11) is 2.01. The summed E-state index contributed by atoms with van der Waals surface area (Å²) in [6, 6.07) is 6.73. The molecule has 0 bridgehead atoms. The highest BCUT2D eigenvalue weighted by Crippen LogP contribution is 2.32. The highest BCUT2D eigenvalue weighted by molar-refractivity contribution is 5.39. The molecule has 3 heteroatoms. The Morgan fingerprint density at radius 2 is 2.22 bits per heavy atom. The predicted molar refractivity (Wildman–Crippen MR) is 73.0 cm³/mol. The van der Waals surface area contributed by atoms with E-state index < -0.39 is 5.60 Å². The number of benzene rings is 1. The molecule has 0 aliphatic heterocycles. The van der Waals surface area contributed by atoms with Gasteiger partial charge in [-0.3, -0.25) is 0 Å². The number of fused-ring (bicyclic) bond motifs is 1. The summed E-state index contributed by atoms with van der Waals surface area (Å²) in [4.78, 5) is 0. The lowest BCUT2D eigenvalue weighted by atomic mass is 9.87. The van der Waals surface area contributed by atoms with Crippen LogP contribution in [0.4, 0.5) is 0 Å². The van der Waals surface area contributed by atoms with Gasteiger partial charge in [0.2, 0.25) is 0 Å². The molecule has 1 unspecified atom stereocenters. The molecule has 1 aromatic carbocycles. The van der Waals surface area contributed by atoms with Gasteiger partial charge < -0.3 is 15.2 Å². The van der Waals surface area contributed by atoms with Crippen LogP contribution in [0.3, 0.4) is 0 Å². The fraction of sp³-hybridized carbons (Fsp3) is 0.600. The SMILES string of the molecule is CNC1CCCc2cc(OCC(C)(C)O)ccc21. The van der Waals surface area contributed by atoms with Crippen LogP contribution in [0.2, 0.25) is 0 Å². The maximum absolute atomic E-state index is 9.66. The van der Waals surface area contributed by atoms with Crippen LogP contribution in [0.5, 0.6) is 5.75 Å². The Labute approximate surface area is 109 Å². The van der Waals surface area contributed by atoms with Gasteiger partial charge in [-0.1, -0.05) is 6.07 Å². The molecule has 2 rings (SSSR count). The number of nitrogens with one attached hydrogen (secondary N) is 1. The van der Waals surface area contributed by atoms with Crippen molar-refractivity contribution in [1.82, 2.24) is 5.32 Å². The van der Waals surface area contributed by atoms with Crippen molar-refractivity contribution in [2.24, 2.45) is 0 Å². The second-order valence-electron chi connectivity index (χ2n) is 5.70. The van der Waals surface area contributed by atoms with Gasteiger partial charge in [0.15, 0.2) is 0 Å². The smallest absolute Gasteiger partial charge is 0.119 e. The molecule has 0 radical (unpaired) electrons. The van der Waals surface area contributed by atoms with Gasteiger partial charge in [-0.05, 0) is 63.4 Å². The van der Waals surface area contributed by atoms with Crippen LogP contribution < -0.4 is 10.1 Å². The molecule has 0 saturated carbocycles. The normalized spacial score (nSPS) is 19.4. The highest BCUT2D eigenvalue weighted by Gasteiger charge is 2.19. The van der Waals surface area contributed by atoms with E-state index in [2.05, 4.69) is 17.4 Å². The van der Waals surface area contributed by atoms with E-state index in [0.29, 0.717) is 12.6 Å². The van der Waals surface area contributed by atoms with Crippen molar-refractivity contribution >= 4 is 0 Å². The van der Waals surface area contributed by atoms with Crippen LogP contribution in [0.1, 0.15) is 43.9 Å². The average molecular weight is 249 g/mol. The molecule has 0 spiro atoms. The third-order valence-electron chi connectivity index (χ3n) is 3.37. The minimum atomic E-state index is -0.788. The monoisotopic (exact) mass is 249 g/mol. The molecular formula is C15H23NO2. The van der Waals surface area contributed by atoms with E-state index in [1.54, 1.807) is 13.8 Å². The van der Waals surface area contributed by atoms with Gasteiger partial charge in [-0.15, -0.1) is 0 Å². The quantitative estimate of drug-likeness (QED) is 0.861. The standard InChI is InChI=1S/C15H23NO2/c1-15(2,17)10-18-12-7-8-13-11(9-12)5-4-6-14(13)16-3/h7-9,14,16-17H,4-6,10H2,1-3H3. The van der Waals surface area contributed by atoms with Crippen LogP contribution >= 0.6 is 0 Å². The lowest BCUT2D eigenvalue weighted by Crippen LogP contribution is -2.28. The lowest BCUT2D eigenvalue weighted by Gasteiger charge is -2.26. The molecule has 0 heterocycles. The Hall–Kier alpha value is -1.06. The largest absolute Gasteiger partial charge is 0.491 e. The average Bonchev–Trinajstić information content (AvgIpc) is 2.34. The first-order chi connectivity index (χ1) is 8.49. The van der Waals surface area contributed by atoms with Crippen LogP contribution in [0.15, 0.2) is 18.2 Å². The third kappa shape index (κ3) is 3.24. The zero-order chi connectivity index (χ0) is 13.2. The van der Waals surface area contributed by atoms with Crippen LogP contribution in [0, 0.1) is 0 Å². The van der Waals surface area contributed by atoms with E-state index in [0.717, 1.165) is 12.2 Å². The number of hydrogen-bond acceptors (Lipinski definition) is 3. The minimum absolute atomic E-state index is 0.321. The second kappa shape index (κ2) is 5.29. The zero-order valence-electron chi connectivity index (χ0n) is 11.5. The maximum atomic E-state index is 9.66. The third-order valence-corrected chi connectivity index (χ3v) is 3.37. The van der Waals surface area contributed by atoms with E-state index >= 15 is 0 Å². The van der Waals surface area contributed by atoms with Gasteiger partial charge in [0.1, 0.15) is 12.4 Å². The number of aliphatic hydroxyl groups is 1. The van der Waals surface area contributed by atoms with Crippen LogP contribution in [0.25, 0.3) is 0 Å². The molecule has 0 saturated heterocycles. The second-order valence-corrected chi connectivity index (χ2v) is 5.70. The maximum Gasteiger partial charge on any atom is 0.119 e. The van der Waals surface area contributed by atoms with E-state index in [-0.39, 0.29) is 0 Å². The molecule has 1 aliphatic carbocycles. The molecule has 3 nitrogen and oxygen atoms in total. The Morgan fingerprint density at radius 1 is 1.44 bits per heavy atom. The molecule has 0 aromatic heterocycles. The van der Waals surface area contributed by atoms with Gasteiger partial charge in [0, 0.05) is 6.04 Å². The molecule has 0 amide bonds. The van der Waals surface area contributed by atoms with Gasteiger partial charge in [-0.2, -0.15) is 0 Å². The van der Waals surface area contributed by atoms with Crippen molar-refractivity contribution in [2.45, 2.75) is 44.8 Å². The summed E-state index contributed by atoms with van der Waals surface area (Å²) >= 11 is 0. The highest BCUT2D eigenvalue weighted by atomic mass is 16.5. The summed E-state index contributed by atoms with van der Waals surface area (Å²) in [6.07, 6.45) is 3.54. The zero-order valence-corrected chi connectivity index (χ0v) is 11.5. The molecule has 18 heavy (non-hydrogen) atoms. The summed E-state index contributed by atoms with van der Waals surface area (Å²) in [6.45, 7) is 3.83. The first kappa shape index (κ1) is 13.4. The van der Waals surface area contributed by atoms with Gasteiger partial charge in [-0.25, -0.2) is 0 Å². The van der Waals surface area contributed by atoms with Crippen molar-refractivity contribution in [2.75, 3.05) is 13.7 Å². The van der Waals surface area contributed by atoms with Crippen molar-refractivity contribution in [3.63, 3.8) is 0 Å². The van der Waals surface area contributed by atoms with Crippen molar-refractivity contribution in [1.29, 1.82) is 0 Å². The van der Waals surface area contributed by atoms with Crippen LogP contribution in [-0.4, -0.2) is 24.4 Å². The first-order valence-electron chi connectivity index (χ1n) is 6.65. The molecule has 1 aliphatic rings. The molecule has 0 fully saturated rings. The summed E-state index contributed by atoms with van der Waals surface area (Å²) in [5.41, 5.74) is 1.97. The predicted octanol–water partition coefficient (Wildman–Crippen LogP) is 2.43. The van der Waals surface area contributed by atoms with E-state index in [1.165, 1.54) is 24.0 Å². The molecule has 1 aromatic rings.